The predicted octanol–water partition coefficient (Wildman–Crippen LogP) is 4.60. The van der Waals surface area contributed by atoms with E-state index in [2.05, 4.69) is 0 Å². The van der Waals surface area contributed by atoms with E-state index in [4.69, 9.17) is 9.84 Å². The second kappa shape index (κ2) is 8.94. The zero-order valence-electron chi connectivity index (χ0n) is 15.4. The molecule has 0 radical (unpaired) electrons. The molecule has 3 aromatic carbocycles. The number of ether oxygens (including phenoxy) is 1. The molecule has 0 amide bonds. The Morgan fingerprint density at radius 1 is 0.724 bits per heavy atom. The largest absolute Gasteiger partial charge is 0.494 e. The summed E-state index contributed by atoms with van der Waals surface area (Å²) in [6.07, 6.45) is 0.568. The van der Waals surface area contributed by atoms with Crippen molar-refractivity contribution in [3.63, 3.8) is 0 Å². The molecule has 0 aliphatic rings. The highest BCUT2D eigenvalue weighted by Gasteiger charge is 2.17. The Morgan fingerprint density at radius 3 is 1.62 bits per heavy atom. The van der Waals surface area contributed by atoms with Gasteiger partial charge in [0.25, 0.3) is 11.4 Å². The van der Waals surface area contributed by atoms with E-state index in [-0.39, 0.29) is 18.0 Å². The average Bonchev–Trinajstić information content (AvgIpc) is 2.74. The van der Waals surface area contributed by atoms with Crippen LogP contribution in [0, 0.1) is 20.2 Å². The highest BCUT2D eigenvalue weighted by Crippen LogP contribution is 2.31. The van der Waals surface area contributed by atoms with Gasteiger partial charge in [0, 0.05) is 25.2 Å². The first-order valence-corrected chi connectivity index (χ1v) is 8.86. The summed E-state index contributed by atoms with van der Waals surface area (Å²) < 4.78 is 5.51. The van der Waals surface area contributed by atoms with E-state index in [9.17, 15) is 20.2 Å². The molecular formula is C21H18N2O6. The number of benzene rings is 3. The Hall–Kier alpha value is -3.78. The minimum atomic E-state index is -0.644. The third kappa shape index (κ3) is 4.94. The first-order valence-electron chi connectivity index (χ1n) is 8.86. The molecule has 0 bridgehead atoms. The normalized spacial score (nSPS) is 10.5. The maximum Gasteiger partial charge on any atom is 0.276 e. The van der Waals surface area contributed by atoms with E-state index < -0.39 is 9.85 Å². The third-order valence-corrected chi connectivity index (χ3v) is 4.30. The average molecular weight is 394 g/mol. The van der Waals surface area contributed by atoms with Crippen LogP contribution < -0.4 is 4.74 Å². The second-order valence-corrected chi connectivity index (χ2v) is 6.28. The molecule has 0 unspecified atom stereocenters. The van der Waals surface area contributed by atoms with Crippen molar-refractivity contribution in [3.05, 3.63) is 87.0 Å². The van der Waals surface area contributed by atoms with Crippen molar-refractivity contribution in [1.29, 1.82) is 0 Å². The van der Waals surface area contributed by atoms with Crippen LogP contribution in [0.25, 0.3) is 22.3 Å². The van der Waals surface area contributed by atoms with Crippen molar-refractivity contribution in [3.8, 4) is 28.0 Å². The topological polar surface area (TPSA) is 116 Å². The monoisotopic (exact) mass is 394 g/mol. The molecule has 0 saturated carbocycles. The summed E-state index contributed by atoms with van der Waals surface area (Å²) in [7, 11) is 0. The molecular weight excluding hydrogens is 376 g/mol. The summed E-state index contributed by atoms with van der Waals surface area (Å²) in [6.45, 7) is 0.526. The third-order valence-electron chi connectivity index (χ3n) is 4.30. The van der Waals surface area contributed by atoms with E-state index in [1.807, 2.05) is 36.4 Å². The molecule has 0 spiro atoms. The van der Waals surface area contributed by atoms with Crippen molar-refractivity contribution < 1.29 is 19.7 Å². The second-order valence-electron chi connectivity index (χ2n) is 6.28. The van der Waals surface area contributed by atoms with Gasteiger partial charge in [0.05, 0.1) is 22.5 Å². The molecule has 148 valence electrons. The molecule has 0 atom stereocenters. The van der Waals surface area contributed by atoms with E-state index >= 15 is 0 Å². The lowest BCUT2D eigenvalue weighted by Gasteiger charge is -2.08. The molecule has 0 fully saturated rings. The van der Waals surface area contributed by atoms with Crippen LogP contribution in [0.5, 0.6) is 5.75 Å². The quantitative estimate of drug-likeness (QED) is 0.339. The Labute approximate surface area is 166 Å². The smallest absolute Gasteiger partial charge is 0.276 e. The van der Waals surface area contributed by atoms with Crippen LogP contribution in [0.3, 0.4) is 0 Å². The molecule has 3 rings (SSSR count). The number of nitro groups is 2. The van der Waals surface area contributed by atoms with Gasteiger partial charge >= 0.3 is 0 Å². The Bertz CT molecular complexity index is 984. The first-order chi connectivity index (χ1) is 14.0. The summed E-state index contributed by atoms with van der Waals surface area (Å²) in [4.78, 5) is 20.9. The lowest BCUT2D eigenvalue weighted by atomic mass is 9.99. The lowest BCUT2D eigenvalue weighted by Crippen LogP contribution is -1.99. The molecule has 3 aromatic rings. The minimum Gasteiger partial charge on any atom is -0.494 e. The Kier molecular flexibility index (Phi) is 6.16. The van der Waals surface area contributed by atoms with Crippen molar-refractivity contribution in [2.45, 2.75) is 6.42 Å². The number of aliphatic hydroxyl groups excluding tert-OH is 1. The summed E-state index contributed by atoms with van der Waals surface area (Å²) >= 11 is 0. The fourth-order valence-corrected chi connectivity index (χ4v) is 2.83. The van der Waals surface area contributed by atoms with Gasteiger partial charge in [0.2, 0.25) is 0 Å². The maximum atomic E-state index is 11.1. The van der Waals surface area contributed by atoms with Crippen LogP contribution >= 0.6 is 0 Å². The van der Waals surface area contributed by atoms with Gasteiger partial charge in [-0.05, 0) is 34.4 Å². The molecule has 0 aromatic heterocycles. The highest BCUT2D eigenvalue weighted by atomic mass is 16.6. The number of rotatable bonds is 8. The molecule has 1 N–H and O–H groups in total. The number of aliphatic hydroxyl groups is 1. The van der Waals surface area contributed by atoms with Crippen LogP contribution in [0.1, 0.15) is 6.42 Å². The SMILES string of the molecule is O=[N+]([O-])c1cc(-c2ccc(-c3ccc(OCCCO)cc3)cc2)cc([N+](=O)[O-])c1. The van der Waals surface area contributed by atoms with Gasteiger partial charge in [0.15, 0.2) is 0 Å². The Morgan fingerprint density at radius 2 is 1.17 bits per heavy atom. The van der Waals surface area contributed by atoms with Gasteiger partial charge in [-0.25, -0.2) is 0 Å². The molecule has 0 aliphatic heterocycles. The van der Waals surface area contributed by atoms with Crippen molar-refractivity contribution in [1.82, 2.24) is 0 Å². The number of hydrogen-bond donors (Lipinski definition) is 1. The number of hydrogen-bond acceptors (Lipinski definition) is 6. The molecule has 8 heteroatoms. The fraction of sp³-hybridized carbons (Fsp3) is 0.143. The molecule has 0 aliphatic carbocycles. The number of nitrogens with zero attached hydrogens (tertiary/aromatic N) is 2. The van der Waals surface area contributed by atoms with Crippen LogP contribution in [0.15, 0.2) is 66.7 Å². The summed E-state index contributed by atoms with van der Waals surface area (Å²) in [6, 6.07) is 18.3. The van der Waals surface area contributed by atoms with Gasteiger partial charge in [-0.2, -0.15) is 0 Å². The van der Waals surface area contributed by atoms with Gasteiger partial charge in [-0.15, -0.1) is 0 Å². The van der Waals surface area contributed by atoms with Crippen LogP contribution in [-0.2, 0) is 0 Å². The fourth-order valence-electron chi connectivity index (χ4n) is 2.83. The van der Waals surface area contributed by atoms with Crippen molar-refractivity contribution in [2.75, 3.05) is 13.2 Å². The molecule has 8 nitrogen and oxygen atoms in total. The highest BCUT2D eigenvalue weighted by molar-refractivity contribution is 5.73. The van der Waals surface area contributed by atoms with Gasteiger partial charge in [-0.3, -0.25) is 20.2 Å². The van der Waals surface area contributed by atoms with Gasteiger partial charge < -0.3 is 9.84 Å². The van der Waals surface area contributed by atoms with E-state index in [1.165, 1.54) is 12.1 Å². The zero-order valence-corrected chi connectivity index (χ0v) is 15.4. The lowest BCUT2D eigenvalue weighted by molar-refractivity contribution is -0.394. The summed E-state index contributed by atoms with van der Waals surface area (Å²) in [5.74, 6) is 0.711. The maximum absolute atomic E-state index is 11.1. The summed E-state index contributed by atoms with van der Waals surface area (Å²) in [5.41, 5.74) is 2.28. The standard InChI is InChI=1S/C21H18N2O6/c24-10-1-11-29-21-8-6-16(7-9-21)15-2-4-17(5-3-15)18-12-19(22(25)26)14-20(13-18)23(27)28/h2-9,12-14,24H,1,10-11H2. The van der Waals surface area contributed by atoms with Gasteiger partial charge in [0.1, 0.15) is 5.75 Å². The predicted molar refractivity (Wildman–Crippen MR) is 108 cm³/mol. The number of nitro benzene ring substituents is 2. The minimum absolute atomic E-state index is 0.0815. The molecule has 29 heavy (non-hydrogen) atoms. The molecule has 0 saturated heterocycles. The Balaban J connectivity index is 1.83. The zero-order chi connectivity index (χ0) is 20.8. The van der Waals surface area contributed by atoms with Crippen LogP contribution in [0.4, 0.5) is 11.4 Å². The van der Waals surface area contributed by atoms with Crippen molar-refractivity contribution in [2.24, 2.45) is 0 Å². The van der Waals surface area contributed by atoms with E-state index in [1.54, 1.807) is 12.1 Å². The van der Waals surface area contributed by atoms with E-state index in [0.717, 1.165) is 17.2 Å². The van der Waals surface area contributed by atoms with Crippen LogP contribution in [0.2, 0.25) is 0 Å². The van der Waals surface area contributed by atoms with Gasteiger partial charge in [-0.1, -0.05) is 36.4 Å². The van der Waals surface area contributed by atoms with Crippen LogP contribution in [-0.4, -0.2) is 28.2 Å². The summed E-state index contributed by atoms with van der Waals surface area (Å²) in [5, 5.41) is 30.9. The number of non-ortho nitro benzene ring substituents is 2. The van der Waals surface area contributed by atoms with Crippen molar-refractivity contribution >= 4 is 11.4 Å². The molecule has 0 heterocycles. The van der Waals surface area contributed by atoms with E-state index in [0.29, 0.717) is 29.9 Å². The first kappa shape index (κ1) is 20.0.